The average Bonchev–Trinajstić information content (AvgIpc) is 3.40. The number of rotatable bonds is 5. The SMILES string of the molecule is COc1ccccc1N=c1scc(-c2ccccc2)n1N=C(C)c1ccco1. The van der Waals surface area contributed by atoms with E-state index >= 15 is 0 Å². The van der Waals surface area contributed by atoms with E-state index in [1.165, 1.54) is 11.3 Å². The maximum atomic E-state index is 5.49. The number of hydrogen-bond acceptors (Lipinski definition) is 5. The Kier molecular flexibility index (Phi) is 5.21. The van der Waals surface area contributed by atoms with Gasteiger partial charge in [-0.25, -0.2) is 9.67 Å². The van der Waals surface area contributed by atoms with Crippen LogP contribution < -0.4 is 9.54 Å². The van der Waals surface area contributed by atoms with Gasteiger partial charge < -0.3 is 9.15 Å². The van der Waals surface area contributed by atoms with E-state index in [4.69, 9.17) is 19.2 Å². The zero-order valence-electron chi connectivity index (χ0n) is 15.6. The number of para-hydroxylation sites is 2. The van der Waals surface area contributed by atoms with Crippen molar-refractivity contribution in [2.75, 3.05) is 7.11 Å². The molecular formula is C22H19N3O2S. The predicted octanol–water partition coefficient (Wildman–Crippen LogP) is 5.32. The molecular weight excluding hydrogens is 370 g/mol. The Morgan fingerprint density at radius 3 is 2.54 bits per heavy atom. The Morgan fingerprint density at radius 1 is 1.00 bits per heavy atom. The van der Waals surface area contributed by atoms with Gasteiger partial charge in [0.1, 0.15) is 22.9 Å². The minimum atomic E-state index is 0.718. The van der Waals surface area contributed by atoms with Crippen molar-refractivity contribution in [2.24, 2.45) is 10.1 Å². The third kappa shape index (κ3) is 3.68. The molecule has 0 bridgehead atoms. The Labute approximate surface area is 166 Å². The second-order valence-corrected chi connectivity index (χ2v) is 6.86. The molecule has 4 aromatic rings. The average molecular weight is 389 g/mol. The van der Waals surface area contributed by atoms with Crippen LogP contribution in [0, 0.1) is 0 Å². The van der Waals surface area contributed by atoms with Crippen molar-refractivity contribution in [3.05, 3.63) is 88.9 Å². The molecule has 140 valence electrons. The van der Waals surface area contributed by atoms with Gasteiger partial charge in [0.05, 0.1) is 19.1 Å². The second kappa shape index (κ2) is 8.10. The lowest BCUT2D eigenvalue weighted by atomic mass is 10.2. The molecule has 6 heteroatoms. The molecule has 0 amide bonds. The first-order valence-electron chi connectivity index (χ1n) is 8.79. The van der Waals surface area contributed by atoms with E-state index < -0.39 is 0 Å². The summed E-state index contributed by atoms with van der Waals surface area (Å²) in [5.41, 5.74) is 3.55. The van der Waals surface area contributed by atoms with Crippen LogP contribution in [0.1, 0.15) is 12.7 Å². The predicted molar refractivity (Wildman–Crippen MR) is 112 cm³/mol. The van der Waals surface area contributed by atoms with Crippen LogP contribution in [-0.2, 0) is 0 Å². The zero-order chi connectivity index (χ0) is 19.3. The molecule has 2 aromatic heterocycles. The fraction of sp³-hybridized carbons (Fsp3) is 0.0909. The van der Waals surface area contributed by atoms with E-state index in [1.54, 1.807) is 13.4 Å². The summed E-state index contributed by atoms with van der Waals surface area (Å²) in [4.78, 5) is 5.56. The van der Waals surface area contributed by atoms with Crippen molar-refractivity contribution in [2.45, 2.75) is 6.92 Å². The highest BCUT2D eigenvalue weighted by Gasteiger charge is 2.10. The number of aromatic nitrogens is 1. The summed E-state index contributed by atoms with van der Waals surface area (Å²) < 4.78 is 12.8. The number of nitrogens with zero attached hydrogens (tertiary/aromatic N) is 3. The van der Waals surface area contributed by atoms with Crippen LogP contribution in [0.15, 0.2) is 92.9 Å². The summed E-state index contributed by atoms with van der Waals surface area (Å²) >= 11 is 1.53. The standard InChI is InChI=1S/C22H19N3O2S/c1-16(20-13-8-14-27-20)24-25-19(17-9-4-3-5-10-17)15-28-22(25)23-18-11-6-7-12-21(18)26-2/h3-15H,1-2H3. The number of benzene rings is 2. The van der Waals surface area contributed by atoms with Crippen molar-refractivity contribution >= 4 is 22.7 Å². The first-order valence-corrected chi connectivity index (χ1v) is 9.67. The van der Waals surface area contributed by atoms with Gasteiger partial charge in [0.25, 0.3) is 0 Å². The lowest BCUT2D eigenvalue weighted by Crippen LogP contribution is -2.13. The smallest absolute Gasteiger partial charge is 0.211 e. The van der Waals surface area contributed by atoms with Crippen LogP contribution in [-0.4, -0.2) is 17.5 Å². The molecule has 2 heterocycles. The molecule has 0 fully saturated rings. The summed E-state index contributed by atoms with van der Waals surface area (Å²) in [5.74, 6) is 1.44. The van der Waals surface area contributed by atoms with E-state index in [9.17, 15) is 0 Å². The van der Waals surface area contributed by atoms with Crippen molar-refractivity contribution in [1.29, 1.82) is 0 Å². The molecule has 0 aliphatic heterocycles. The summed E-state index contributed by atoms with van der Waals surface area (Å²) in [6.07, 6.45) is 1.64. The zero-order valence-corrected chi connectivity index (χ0v) is 16.4. The van der Waals surface area contributed by atoms with Gasteiger partial charge in [-0.2, -0.15) is 5.10 Å². The fourth-order valence-electron chi connectivity index (χ4n) is 2.79. The maximum absolute atomic E-state index is 5.49. The summed E-state index contributed by atoms with van der Waals surface area (Å²) in [6, 6.07) is 21.6. The first-order chi connectivity index (χ1) is 13.8. The van der Waals surface area contributed by atoms with Crippen LogP contribution in [0.5, 0.6) is 5.75 Å². The van der Waals surface area contributed by atoms with Crippen molar-refractivity contribution in [3.8, 4) is 17.0 Å². The normalized spacial score (nSPS) is 12.4. The number of thiazole rings is 1. The second-order valence-electron chi connectivity index (χ2n) is 6.03. The molecule has 0 N–H and O–H groups in total. The van der Waals surface area contributed by atoms with Gasteiger partial charge in [-0.05, 0) is 31.2 Å². The third-order valence-electron chi connectivity index (χ3n) is 4.18. The molecule has 0 unspecified atom stereocenters. The Hall–Kier alpha value is -3.38. The van der Waals surface area contributed by atoms with Gasteiger partial charge in [-0.15, -0.1) is 11.3 Å². The van der Waals surface area contributed by atoms with E-state index in [1.807, 2.05) is 66.2 Å². The van der Waals surface area contributed by atoms with Crippen molar-refractivity contribution in [3.63, 3.8) is 0 Å². The molecule has 0 saturated heterocycles. The molecule has 0 aliphatic carbocycles. The Bertz CT molecular complexity index is 1160. The largest absolute Gasteiger partial charge is 0.494 e. The molecule has 0 spiro atoms. The molecule has 0 atom stereocenters. The van der Waals surface area contributed by atoms with Gasteiger partial charge in [-0.3, -0.25) is 0 Å². The van der Waals surface area contributed by atoms with Gasteiger partial charge in [0.2, 0.25) is 4.80 Å². The lowest BCUT2D eigenvalue weighted by Gasteiger charge is -2.06. The number of methoxy groups -OCH3 is 1. The number of furan rings is 1. The van der Waals surface area contributed by atoms with Crippen LogP contribution in [0.25, 0.3) is 11.3 Å². The molecule has 0 radical (unpaired) electrons. The van der Waals surface area contributed by atoms with Crippen molar-refractivity contribution < 1.29 is 9.15 Å². The highest BCUT2D eigenvalue weighted by Crippen LogP contribution is 2.27. The fourth-order valence-corrected chi connectivity index (χ4v) is 3.63. The lowest BCUT2D eigenvalue weighted by molar-refractivity contribution is 0.416. The third-order valence-corrected chi connectivity index (χ3v) is 5.00. The van der Waals surface area contributed by atoms with Gasteiger partial charge >= 0.3 is 0 Å². The van der Waals surface area contributed by atoms with Crippen LogP contribution in [0.3, 0.4) is 0 Å². The van der Waals surface area contributed by atoms with E-state index in [0.29, 0.717) is 0 Å². The van der Waals surface area contributed by atoms with Crippen LogP contribution in [0.2, 0.25) is 0 Å². The van der Waals surface area contributed by atoms with Gasteiger partial charge in [-0.1, -0.05) is 42.5 Å². The highest BCUT2D eigenvalue weighted by molar-refractivity contribution is 7.07. The van der Waals surface area contributed by atoms with Crippen LogP contribution in [0.4, 0.5) is 5.69 Å². The van der Waals surface area contributed by atoms with Gasteiger partial charge in [0, 0.05) is 10.9 Å². The first kappa shape index (κ1) is 18.0. The maximum Gasteiger partial charge on any atom is 0.211 e. The topological polar surface area (TPSA) is 52.0 Å². The monoisotopic (exact) mass is 389 g/mol. The Balaban J connectivity index is 1.91. The minimum absolute atomic E-state index is 0.718. The summed E-state index contributed by atoms with van der Waals surface area (Å²) in [7, 11) is 1.64. The highest BCUT2D eigenvalue weighted by atomic mass is 32.1. The molecule has 0 aliphatic rings. The Morgan fingerprint density at radius 2 is 1.79 bits per heavy atom. The molecule has 5 nitrogen and oxygen atoms in total. The van der Waals surface area contributed by atoms with E-state index in [0.717, 1.165) is 39.0 Å². The molecule has 0 saturated carbocycles. The quantitative estimate of drug-likeness (QED) is 0.434. The minimum Gasteiger partial charge on any atom is -0.494 e. The number of ether oxygens (including phenoxy) is 1. The summed E-state index contributed by atoms with van der Waals surface area (Å²) in [5, 5.41) is 6.86. The molecule has 28 heavy (non-hydrogen) atoms. The van der Waals surface area contributed by atoms with Crippen LogP contribution >= 0.6 is 11.3 Å². The molecule has 2 aromatic carbocycles. The van der Waals surface area contributed by atoms with Crippen molar-refractivity contribution in [1.82, 2.24) is 4.68 Å². The van der Waals surface area contributed by atoms with E-state index in [2.05, 4.69) is 17.5 Å². The summed E-state index contributed by atoms with van der Waals surface area (Å²) in [6.45, 7) is 1.92. The van der Waals surface area contributed by atoms with E-state index in [-0.39, 0.29) is 0 Å². The van der Waals surface area contributed by atoms with Gasteiger partial charge in [0.15, 0.2) is 0 Å². The number of hydrogen-bond donors (Lipinski definition) is 0. The molecule has 4 rings (SSSR count).